The van der Waals surface area contributed by atoms with Crippen LogP contribution in [-0.2, 0) is 0 Å². The van der Waals surface area contributed by atoms with Gasteiger partial charge >= 0.3 is 0 Å². The summed E-state index contributed by atoms with van der Waals surface area (Å²) < 4.78 is 5.27. The molecule has 1 unspecified atom stereocenters. The molecule has 0 aliphatic heterocycles. The van der Waals surface area contributed by atoms with E-state index in [0.717, 1.165) is 13.0 Å². The molecular formula is C11H19N3O2. The van der Waals surface area contributed by atoms with Crippen molar-refractivity contribution in [3.63, 3.8) is 0 Å². The van der Waals surface area contributed by atoms with Crippen LogP contribution in [0, 0.1) is 5.92 Å². The van der Waals surface area contributed by atoms with Gasteiger partial charge in [0, 0.05) is 25.4 Å². The number of ether oxygens (including phenoxy) is 1. The van der Waals surface area contributed by atoms with Gasteiger partial charge in [-0.15, -0.1) is 0 Å². The first-order valence-electron chi connectivity index (χ1n) is 5.56. The predicted octanol–water partition coefficient (Wildman–Crippen LogP) is 1.31. The molecule has 1 aromatic heterocycles. The summed E-state index contributed by atoms with van der Waals surface area (Å²) in [6.45, 7) is 5.53. The van der Waals surface area contributed by atoms with Crippen molar-refractivity contribution < 1.29 is 9.84 Å². The maximum absolute atomic E-state index is 8.77. The van der Waals surface area contributed by atoms with Crippen LogP contribution in [-0.4, -0.2) is 34.8 Å². The lowest BCUT2D eigenvalue weighted by atomic mass is 10.1. The molecule has 1 aromatic rings. The summed E-state index contributed by atoms with van der Waals surface area (Å²) in [5, 5.41) is 11.9. The van der Waals surface area contributed by atoms with Crippen molar-refractivity contribution >= 4 is 5.95 Å². The number of hydrogen-bond acceptors (Lipinski definition) is 5. The van der Waals surface area contributed by atoms with Crippen molar-refractivity contribution in [2.24, 2.45) is 5.92 Å². The minimum absolute atomic E-state index is 0.211. The normalized spacial score (nSPS) is 12.2. The molecule has 5 heteroatoms. The first kappa shape index (κ1) is 12.7. The maximum Gasteiger partial charge on any atom is 0.225 e. The fraction of sp³-hybridized carbons (Fsp3) is 0.636. The Kier molecular flexibility index (Phi) is 5.56. The highest BCUT2D eigenvalue weighted by atomic mass is 16.5. The molecule has 1 heterocycles. The van der Waals surface area contributed by atoms with E-state index in [1.807, 2.05) is 6.92 Å². The van der Waals surface area contributed by atoms with Crippen LogP contribution >= 0.6 is 0 Å². The second kappa shape index (κ2) is 7.00. The quantitative estimate of drug-likeness (QED) is 0.732. The van der Waals surface area contributed by atoms with Crippen LogP contribution in [0.3, 0.4) is 0 Å². The number of aromatic nitrogens is 2. The summed E-state index contributed by atoms with van der Waals surface area (Å²) in [6.07, 6.45) is 2.44. The monoisotopic (exact) mass is 225 g/mol. The lowest BCUT2D eigenvalue weighted by molar-refractivity contribution is 0.265. The number of anilines is 1. The van der Waals surface area contributed by atoms with Crippen LogP contribution in [0.2, 0.25) is 0 Å². The van der Waals surface area contributed by atoms with Crippen molar-refractivity contribution in [2.75, 3.05) is 25.1 Å². The van der Waals surface area contributed by atoms with E-state index in [1.165, 1.54) is 0 Å². The summed E-state index contributed by atoms with van der Waals surface area (Å²) in [5.74, 6) is 1.54. The second-order valence-corrected chi connectivity index (χ2v) is 3.65. The SMILES string of the molecule is CCOc1ccnc(NCC(C)CCO)n1. The summed E-state index contributed by atoms with van der Waals surface area (Å²) >= 11 is 0. The third-order valence-corrected chi connectivity index (χ3v) is 2.15. The van der Waals surface area contributed by atoms with Gasteiger partial charge in [-0.2, -0.15) is 4.98 Å². The number of nitrogens with zero attached hydrogens (tertiary/aromatic N) is 2. The Bertz CT molecular complexity index is 307. The number of aliphatic hydroxyl groups excluding tert-OH is 1. The Morgan fingerprint density at radius 1 is 1.56 bits per heavy atom. The van der Waals surface area contributed by atoms with E-state index in [9.17, 15) is 0 Å². The van der Waals surface area contributed by atoms with Crippen molar-refractivity contribution in [1.29, 1.82) is 0 Å². The minimum Gasteiger partial charge on any atom is -0.478 e. The number of aliphatic hydroxyl groups is 1. The van der Waals surface area contributed by atoms with Crippen molar-refractivity contribution in [3.05, 3.63) is 12.3 Å². The molecule has 0 bridgehead atoms. The van der Waals surface area contributed by atoms with Crippen LogP contribution in [0.4, 0.5) is 5.95 Å². The Hall–Kier alpha value is -1.36. The van der Waals surface area contributed by atoms with Crippen LogP contribution in [0.25, 0.3) is 0 Å². The lowest BCUT2D eigenvalue weighted by Gasteiger charge is -2.11. The van der Waals surface area contributed by atoms with E-state index >= 15 is 0 Å². The third-order valence-electron chi connectivity index (χ3n) is 2.15. The first-order valence-corrected chi connectivity index (χ1v) is 5.56. The van der Waals surface area contributed by atoms with Gasteiger partial charge in [-0.25, -0.2) is 4.98 Å². The number of rotatable bonds is 7. The van der Waals surface area contributed by atoms with Gasteiger partial charge in [0.05, 0.1) is 6.61 Å². The summed E-state index contributed by atoms with van der Waals surface area (Å²) in [5.41, 5.74) is 0. The molecule has 0 aliphatic rings. The van der Waals surface area contributed by atoms with E-state index in [-0.39, 0.29) is 6.61 Å². The molecule has 0 amide bonds. The molecule has 0 spiro atoms. The second-order valence-electron chi connectivity index (χ2n) is 3.65. The van der Waals surface area contributed by atoms with Crippen LogP contribution in [0.15, 0.2) is 12.3 Å². The van der Waals surface area contributed by atoms with Gasteiger partial charge in [0.15, 0.2) is 0 Å². The topological polar surface area (TPSA) is 67.3 Å². The van der Waals surface area contributed by atoms with E-state index in [4.69, 9.17) is 9.84 Å². The number of hydrogen-bond donors (Lipinski definition) is 2. The van der Waals surface area contributed by atoms with Gasteiger partial charge in [-0.3, -0.25) is 0 Å². The molecule has 0 radical (unpaired) electrons. The van der Waals surface area contributed by atoms with E-state index < -0.39 is 0 Å². The van der Waals surface area contributed by atoms with Crippen LogP contribution in [0.5, 0.6) is 5.88 Å². The highest BCUT2D eigenvalue weighted by molar-refractivity contribution is 5.27. The molecule has 1 rings (SSSR count). The standard InChI is InChI=1S/C11H19N3O2/c1-3-16-10-4-6-12-11(14-10)13-8-9(2)5-7-15/h4,6,9,15H,3,5,7-8H2,1-2H3,(H,12,13,14). The van der Waals surface area contributed by atoms with Gasteiger partial charge in [0.25, 0.3) is 0 Å². The van der Waals surface area contributed by atoms with Gasteiger partial charge in [-0.05, 0) is 19.3 Å². The van der Waals surface area contributed by atoms with Crippen LogP contribution < -0.4 is 10.1 Å². The highest BCUT2D eigenvalue weighted by Crippen LogP contribution is 2.09. The van der Waals surface area contributed by atoms with Gasteiger partial charge in [0.2, 0.25) is 11.8 Å². The minimum atomic E-state index is 0.211. The smallest absolute Gasteiger partial charge is 0.225 e. The van der Waals surface area contributed by atoms with Crippen molar-refractivity contribution in [3.8, 4) is 5.88 Å². The zero-order chi connectivity index (χ0) is 11.8. The predicted molar refractivity (Wildman–Crippen MR) is 62.6 cm³/mol. The Morgan fingerprint density at radius 3 is 3.06 bits per heavy atom. The Labute approximate surface area is 95.9 Å². The lowest BCUT2D eigenvalue weighted by Crippen LogP contribution is -2.14. The molecule has 0 fully saturated rings. The van der Waals surface area contributed by atoms with E-state index in [2.05, 4.69) is 22.2 Å². The average Bonchev–Trinajstić information content (AvgIpc) is 2.28. The molecule has 16 heavy (non-hydrogen) atoms. The largest absolute Gasteiger partial charge is 0.478 e. The third kappa shape index (κ3) is 4.44. The van der Waals surface area contributed by atoms with E-state index in [0.29, 0.717) is 24.4 Å². The van der Waals surface area contributed by atoms with Gasteiger partial charge < -0.3 is 15.2 Å². The molecular weight excluding hydrogens is 206 g/mol. The summed E-state index contributed by atoms with van der Waals surface area (Å²) in [6, 6.07) is 1.73. The fourth-order valence-electron chi connectivity index (χ4n) is 1.24. The van der Waals surface area contributed by atoms with Crippen molar-refractivity contribution in [1.82, 2.24) is 9.97 Å². The molecule has 90 valence electrons. The Morgan fingerprint density at radius 2 is 2.38 bits per heavy atom. The maximum atomic E-state index is 8.77. The summed E-state index contributed by atoms with van der Waals surface area (Å²) in [4.78, 5) is 8.28. The Balaban J connectivity index is 2.44. The van der Waals surface area contributed by atoms with Gasteiger partial charge in [-0.1, -0.05) is 6.92 Å². The zero-order valence-corrected chi connectivity index (χ0v) is 9.81. The summed E-state index contributed by atoms with van der Waals surface area (Å²) in [7, 11) is 0. The zero-order valence-electron chi connectivity index (χ0n) is 9.81. The molecule has 0 aromatic carbocycles. The fourth-order valence-corrected chi connectivity index (χ4v) is 1.24. The number of nitrogens with one attached hydrogen (secondary N) is 1. The van der Waals surface area contributed by atoms with Crippen molar-refractivity contribution in [2.45, 2.75) is 20.3 Å². The molecule has 0 aliphatic carbocycles. The molecule has 1 atom stereocenters. The van der Waals surface area contributed by atoms with E-state index in [1.54, 1.807) is 12.3 Å². The highest BCUT2D eigenvalue weighted by Gasteiger charge is 2.03. The molecule has 0 saturated carbocycles. The first-order chi connectivity index (χ1) is 7.76. The average molecular weight is 225 g/mol. The molecule has 0 saturated heterocycles. The van der Waals surface area contributed by atoms with Gasteiger partial charge in [0.1, 0.15) is 0 Å². The molecule has 2 N–H and O–H groups in total. The van der Waals surface area contributed by atoms with Crippen LogP contribution in [0.1, 0.15) is 20.3 Å². The molecule has 5 nitrogen and oxygen atoms in total.